The third-order valence-electron chi connectivity index (χ3n) is 4.40. The van der Waals surface area contributed by atoms with Crippen LogP contribution >= 0.6 is 0 Å². The second-order valence-electron chi connectivity index (χ2n) is 6.24. The maximum absolute atomic E-state index is 12.6. The fourth-order valence-corrected chi connectivity index (χ4v) is 3.01. The van der Waals surface area contributed by atoms with Crippen molar-refractivity contribution in [3.05, 3.63) is 83.4 Å². The van der Waals surface area contributed by atoms with Crippen molar-refractivity contribution >= 4 is 17.1 Å². The zero-order valence-corrected chi connectivity index (χ0v) is 14.7. The Balaban J connectivity index is 1.58. The molecule has 3 aromatic heterocycles. The van der Waals surface area contributed by atoms with Crippen LogP contribution in [0.3, 0.4) is 0 Å². The Morgan fingerprint density at radius 1 is 1.04 bits per heavy atom. The molecule has 1 amide bonds. The average Bonchev–Trinajstić information content (AvgIpc) is 3.19. The summed E-state index contributed by atoms with van der Waals surface area (Å²) in [4.78, 5) is 12.6. The van der Waals surface area contributed by atoms with E-state index in [0.717, 1.165) is 28.2 Å². The van der Waals surface area contributed by atoms with Crippen molar-refractivity contribution in [2.24, 2.45) is 0 Å². The Bertz CT molecular complexity index is 1050. The smallest absolute Gasteiger partial charge is 0.276 e. The molecule has 0 spiro atoms. The van der Waals surface area contributed by atoms with Gasteiger partial charge < -0.3 is 5.32 Å². The van der Waals surface area contributed by atoms with Crippen molar-refractivity contribution in [1.82, 2.24) is 19.4 Å². The molecule has 0 saturated heterocycles. The lowest BCUT2D eigenvalue weighted by atomic mass is 10.2. The van der Waals surface area contributed by atoms with E-state index in [4.69, 9.17) is 0 Å². The van der Waals surface area contributed by atoms with Gasteiger partial charge in [-0.25, -0.2) is 4.52 Å². The molecule has 26 heavy (non-hydrogen) atoms. The van der Waals surface area contributed by atoms with E-state index in [9.17, 15) is 4.79 Å². The third-order valence-corrected chi connectivity index (χ3v) is 4.40. The summed E-state index contributed by atoms with van der Waals surface area (Å²) in [5.74, 6) is -0.237. The van der Waals surface area contributed by atoms with Crippen LogP contribution in [-0.2, 0) is 6.54 Å². The molecule has 3 heterocycles. The van der Waals surface area contributed by atoms with Crippen LogP contribution in [0.15, 0.2) is 60.8 Å². The summed E-state index contributed by atoms with van der Waals surface area (Å²) in [6, 6.07) is 17.6. The largest absolute Gasteiger partial charge is 0.317 e. The number of amides is 1. The predicted molar refractivity (Wildman–Crippen MR) is 100 cm³/mol. The molecule has 0 aliphatic carbocycles. The van der Waals surface area contributed by atoms with Gasteiger partial charge in [-0.05, 0) is 37.6 Å². The molecule has 130 valence electrons. The van der Waals surface area contributed by atoms with Crippen LogP contribution in [0.1, 0.15) is 27.4 Å². The Hall–Kier alpha value is -3.41. The molecular formula is C20H19N5O. The first-order valence-corrected chi connectivity index (χ1v) is 8.45. The molecule has 6 nitrogen and oxygen atoms in total. The monoisotopic (exact) mass is 345 g/mol. The second kappa shape index (κ2) is 6.48. The quantitative estimate of drug-likeness (QED) is 0.616. The number of benzene rings is 1. The van der Waals surface area contributed by atoms with Gasteiger partial charge >= 0.3 is 0 Å². The van der Waals surface area contributed by atoms with Crippen LogP contribution in [0.4, 0.5) is 5.69 Å². The lowest BCUT2D eigenvalue weighted by Crippen LogP contribution is -2.14. The molecule has 0 atom stereocenters. The van der Waals surface area contributed by atoms with Gasteiger partial charge in [0.25, 0.3) is 5.91 Å². The number of hydrogen-bond acceptors (Lipinski definition) is 3. The summed E-state index contributed by atoms with van der Waals surface area (Å²) in [6.45, 7) is 4.52. The minimum Gasteiger partial charge on any atom is -0.317 e. The highest BCUT2D eigenvalue weighted by molar-refractivity contribution is 6.04. The van der Waals surface area contributed by atoms with Crippen molar-refractivity contribution < 1.29 is 4.79 Å². The number of hydrogen-bond donors (Lipinski definition) is 1. The van der Waals surface area contributed by atoms with Gasteiger partial charge in [-0.2, -0.15) is 10.2 Å². The Morgan fingerprint density at radius 2 is 1.81 bits per heavy atom. The summed E-state index contributed by atoms with van der Waals surface area (Å²) in [5, 5.41) is 11.9. The molecule has 0 saturated carbocycles. The zero-order chi connectivity index (χ0) is 18.1. The predicted octanol–water partition coefficient (Wildman–Crippen LogP) is 3.45. The fourth-order valence-electron chi connectivity index (χ4n) is 3.01. The summed E-state index contributed by atoms with van der Waals surface area (Å²) in [5.41, 5.74) is 4.87. The Labute approximate surface area is 151 Å². The van der Waals surface area contributed by atoms with E-state index in [1.807, 2.05) is 61.1 Å². The number of aromatic nitrogens is 4. The van der Waals surface area contributed by atoms with Crippen LogP contribution < -0.4 is 5.32 Å². The van der Waals surface area contributed by atoms with E-state index in [2.05, 4.69) is 27.6 Å². The average molecular weight is 345 g/mol. The van der Waals surface area contributed by atoms with Crippen molar-refractivity contribution in [3.8, 4) is 0 Å². The van der Waals surface area contributed by atoms with Gasteiger partial charge in [0.2, 0.25) is 0 Å². The molecule has 6 heteroatoms. The van der Waals surface area contributed by atoms with E-state index in [1.165, 1.54) is 0 Å². The normalized spacial score (nSPS) is 11.0. The molecule has 1 aromatic carbocycles. The minimum absolute atomic E-state index is 0.237. The van der Waals surface area contributed by atoms with Crippen LogP contribution in [0, 0.1) is 13.8 Å². The van der Waals surface area contributed by atoms with Crippen molar-refractivity contribution in [3.63, 3.8) is 0 Å². The lowest BCUT2D eigenvalue weighted by molar-refractivity contribution is 0.102. The van der Waals surface area contributed by atoms with Crippen LogP contribution in [0.2, 0.25) is 0 Å². The second-order valence-corrected chi connectivity index (χ2v) is 6.24. The summed E-state index contributed by atoms with van der Waals surface area (Å²) < 4.78 is 3.59. The van der Waals surface area contributed by atoms with Gasteiger partial charge in [-0.15, -0.1) is 0 Å². The molecule has 0 radical (unpaired) electrons. The number of fused-ring (bicyclic) bond motifs is 1. The molecule has 0 unspecified atom stereocenters. The highest BCUT2D eigenvalue weighted by Crippen LogP contribution is 2.21. The van der Waals surface area contributed by atoms with Crippen molar-refractivity contribution in [2.75, 3.05) is 5.32 Å². The van der Waals surface area contributed by atoms with Gasteiger partial charge in [-0.3, -0.25) is 9.48 Å². The fraction of sp³-hybridized carbons (Fsp3) is 0.150. The van der Waals surface area contributed by atoms with E-state index >= 15 is 0 Å². The third kappa shape index (κ3) is 2.97. The number of aryl methyl sites for hydroxylation is 1. The lowest BCUT2D eigenvalue weighted by Gasteiger charge is -2.06. The van der Waals surface area contributed by atoms with Crippen LogP contribution in [-0.4, -0.2) is 25.3 Å². The number of nitrogens with one attached hydrogen (secondary N) is 1. The first-order valence-electron chi connectivity index (χ1n) is 8.45. The molecular weight excluding hydrogens is 326 g/mol. The number of anilines is 1. The standard InChI is InChI=1S/C20H19N5O/c1-14-19(15(2)25(22-14)13-16-8-4-3-5-9-16)21-20(26)18-12-17-10-6-7-11-24(17)23-18/h3-12H,13H2,1-2H3,(H,21,26). The maximum atomic E-state index is 12.6. The zero-order valence-electron chi connectivity index (χ0n) is 14.7. The van der Waals surface area contributed by atoms with Gasteiger partial charge in [0.1, 0.15) is 0 Å². The van der Waals surface area contributed by atoms with E-state index in [-0.39, 0.29) is 5.91 Å². The topological polar surface area (TPSA) is 64.2 Å². The summed E-state index contributed by atoms with van der Waals surface area (Å²) >= 11 is 0. The highest BCUT2D eigenvalue weighted by atomic mass is 16.2. The van der Waals surface area contributed by atoms with Crippen LogP contribution in [0.5, 0.6) is 0 Å². The summed E-state index contributed by atoms with van der Waals surface area (Å²) in [7, 11) is 0. The van der Waals surface area contributed by atoms with E-state index < -0.39 is 0 Å². The SMILES string of the molecule is Cc1nn(Cc2ccccc2)c(C)c1NC(=O)c1cc2ccccn2n1. The Morgan fingerprint density at radius 3 is 2.58 bits per heavy atom. The first kappa shape index (κ1) is 16.1. The highest BCUT2D eigenvalue weighted by Gasteiger charge is 2.17. The van der Waals surface area contributed by atoms with Crippen molar-refractivity contribution in [1.29, 1.82) is 0 Å². The number of carbonyl (C=O) groups excluding carboxylic acids is 1. The minimum atomic E-state index is -0.237. The Kier molecular flexibility index (Phi) is 4.01. The van der Waals surface area contributed by atoms with Gasteiger partial charge in [0.05, 0.1) is 29.1 Å². The molecule has 4 aromatic rings. The molecule has 1 N–H and O–H groups in total. The molecule has 0 bridgehead atoms. The maximum Gasteiger partial charge on any atom is 0.276 e. The molecule has 0 fully saturated rings. The van der Waals surface area contributed by atoms with E-state index in [0.29, 0.717) is 12.2 Å². The molecule has 0 aliphatic rings. The summed E-state index contributed by atoms with van der Waals surface area (Å²) in [6.07, 6.45) is 1.82. The number of pyridine rings is 1. The number of nitrogens with zero attached hydrogens (tertiary/aromatic N) is 4. The van der Waals surface area contributed by atoms with Gasteiger partial charge in [0.15, 0.2) is 5.69 Å². The number of rotatable bonds is 4. The van der Waals surface area contributed by atoms with Crippen LogP contribution in [0.25, 0.3) is 5.52 Å². The first-order chi connectivity index (χ1) is 12.6. The van der Waals surface area contributed by atoms with Crippen molar-refractivity contribution in [2.45, 2.75) is 20.4 Å². The van der Waals surface area contributed by atoms with Gasteiger partial charge in [-0.1, -0.05) is 36.4 Å². The molecule has 0 aliphatic heterocycles. The van der Waals surface area contributed by atoms with Gasteiger partial charge in [0, 0.05) is 6.20 Å². The molecule has 4 rings (SSSR count). The van der Waals surface area contributed by atoms with E-state index in [1.54, 1.807) is 10.6 Å². The number of carbonyl (C=O) groups is 1.